The summed E-state index contributed by atoms with van der Waals surface area (Å²) in [6, 6.07) is 10.2. The van der Waals surface area contributed by atoms with Crippen molar-refractivity contribution in [1.29, 1.82) is 0 Å². The van der Waals surface area contributed by atoms with E-state index in [2.05, 4.69) is 36.9 Å². The fourth-order valence-electron chi connectivity index (χ4n) is 5.78. The molecule has 0 aliphatic heterocycles. The number of aromatic nitrogens is 1. The van der Waals surface area contributed by atoms with Gasteiger partial charge in [-0.1, -0.05) is 48.5 Å². The van der Waals surface area contributed by atoms with E-state index >= 15 is 0 Å². The standard InChI is InChI=1S/C40H56N8O9/c1-39(2,3)48-37(55)42-19-13-12-18-28(34(52)46-31(22-32(49)50)36(54)45-29(33(41)51)20-24-14-8-7-9-15-24)44-35(53)30(47-38(56)57-40(4,5)6)21-25-23-43-27-17-11-10-16-26(25)27/h7-11,14-17,23,28-31,43H,12-13,18-22H2,1-6H3,(H2,41,51)(H,44,53)(H,45,54)(H,46,52)(H,47,56)(H,49,50)(H2,42,48,55)/t28-,29-,30-,31-/m0/s1. The van der Waals surface area contributed by atoms with Crippen LogP contribution >= 0.6 is 0 Å². The second kappa shape index (κ2) is 20.7. The number of para-hydroxylation sites is 1. The van der Waals surface area contributed by atoms with Gasteiger partial charge in [0.25, 0.3) is 0 Å². The van der Waals surface area contributed by atoms with Crippen LogP contribution in [0.5, 0.6) is 0 Å². The number of aromatic amines is 1. The van der Waals surface area contributed by atoms with E-state index < -0.39 is 77.4 Å². The number of carbonyl (C=O) groups is 7. The van der Waals surface area contributed by atoms with Gasteiger partial charge < -0.3 is 52.5 Å². The van der Waals surface area contributed by atoms with Gasteiger partial charge in [0.15, 0.2) is 0 Å². The number of benzene rings is 2. The van der Waals surface area contributed by atoms with E-state index in [4.69, 9.17) is 10.5 Å². The number of urea groups is 1. The molecule has 2 aromatic carbocycles. The molecule has 0 aliphatic rings. The van der Waals surface area contributed by atoms with E-state index in [0.29, 0.717) is 17.5 Å². The van der Waals surface area contributed by atoms with Crippen LogP contribution in [0.2, 0.25) is 0 Å². The number of amides is 7. The van der Waals surface area contributed by atoms with Gasteiger partial charge in [0.1, 0.15) is 29.8 Å². The van der Waals surface area contributed by atoms with E-state index in [1.807, 2.05) is 45.0 Å². The third kappa shape index (κ3) is 16.2. The minimum atomic E-state index is -1.67. The molecule has 0 saturated carbocycles. The zero-order valence-corrected chi connectivity index (χ0v) is 33.3. The summed E-state index contributed by atoms with van der Waals surface area (Å²) in [5.41, 5.74) is 6.38. The molecule has 0 fully saturated rings. The van der Waals surface area contributed by atoms with E-state index in [1.165, 1.54) is 0 Å². The number of fused-ring (bicyclic) bond motifs is 1. The van der Waals surface area contributed by atoms with Crippen molar-refractivity contribution in [2.24, 2.45) is 5.73 Å². The molecule has 4 atom stereocenters. The number of unbranched alkanes of at least 4 members (excludes halogenated alkanes) is 1. The number of rotatable bonds is 19. The van der Waals surface area contributed by atoms with Crippen LogP contribution in [0.1, 0.15) is 78.4 Å². The lowest BCUT2D eigenvalue weighted by molar-refractivity contribution is -0.141. The number of H-pyrrole nitrogens is 1. The van der Waals surface area contributed by atoms with Gasteiger partial charge in [0.05, 0.1) is 6.42 Å². The lowest BCUT2D eigenvalue weighted by Gasteiger charge is -2.27. The molecule has 1 aromatic heterocycles. The number of hydrogen-bond acceptors (Lipinski definition) is 8. The summed E-state index contributed by atoms with van der Waals surface area (Å²) in [7, 11) is 0. The first-order valence-corrected chi connectivity index (χ1v) is 18.8. The fourth-order valence-corrected chi connectivity index (χ4v) is 5.78. The Morgan fingerprint density at radius 3 is 1.96 bits per heavy atom. The van der Waals surface area contributed by atoms with Crippen LogP contribution in [-0.4, -0.2) is 93.7 Å². The van der Waals surface area contributed by atoms with Gasteiger partial charge in [-0.25, -0.2) is 9.59 Å². The maximum atomic E-state index is 14.1. The Labute approximate surface area is 332 Å². The molecule has 0 aliphatic carbocycles. The van der Waals surface area contributed by atoms with Crippen molar-refractivity contribution in [3.63, 3.8) is 0 Å². The number of carbonyl (C=O) groups excluding carboxylic acids is 6. The molecule has 310 valence electrons. The van der Waals surface area contributed by atoms with Crippen LogP contribution < -0.4 is 37.6 Å². The Hall–Kier alpha value is -6.13. The molecule has 7 amide bonds. The summed E-state index contributed by atoms with van der Waals surface area (Å²) in [6.07, 6.45) is 0.649. The van der Waals surface area contributed by atoms with Crippen molar-refractivity contribution < 1.29 is 43.4 Å². The Morgan fingerprint density at radius 1 is 0.737 bits per heavy atom. The molecule has 1 heterocycles. The number of nitrogens with two attached hydrogens (primary N) is 1. The number of ether oxygens (including phenoxy) is 1. The van der Waals surface area contributed by atoms with Crippen molar-refractivity contribution in [3.8, 4) is 0 Å². The average Bonchev–Trinajstić information content (AvgIpc) is 3.51. The number of carboxylic acids is 1. The lowest BCUT2D eigenvalue weighted by Crippen LogP contribution is -2.59. The van der Waals surface area contributed by atoms with Crippen molar-refractivity contribution in [2.75, 3.05) is 6.54 Å². The minimum Gasteiger partial charge on any atom is -0.481 e. The van der Waals surface area contributed by atoms with Crippen molar-refractivity contribution >= 4 is 52.6 Å². The minimum absolute atomic E-state index is 0.00377. The Kier molecular flexibility index (Phi) is 16.4. The monoisotopic (exact) mass is 792 g/mol. The maximum Gasteiger partial charge on any atom is 0.408 e. The summed E-state index contributed by atoms with van der Waals surface area (Å²) < 4.78 is 5.43. The van der Waals surface area contributed by atoms with Gasteiger partial charge in [0, 0.05) is 42.0 Å². The molecular weight excluding hydrogens is 736 g/mol. The molecule has 3 aromatic rings. The predicted octanol–water partition coefficient (Wildman–Crippen LogP) is 2.53. The molecule has 57 heavy (non-hydrogen) atoms. The van der Waals surface area contributed by atoms with E-state index in [-0.39, 0.29) is 38.3 Å². The van der Waals surface area contributed by atoms with Crippen molar-refractivity contribution in [3.05, 3.63) is 71.9 Å². The van der Waals surface area contributed by atoms with Crippen LogP contribution in [0, 0.1) is 0 Å². The van der Waals surface area contributed by atoms with E-state index in [1.54, 1.807) is 57.3 Å². The summed E-state index contributed by atoms with van der Waals surface area (Å²) in [5.74, 6) is -4.93. The quantitative estimate of drug-likeness (QED) is 0.0807. The number of alkyl carbamates (subject to hydrolysis) is 1. The molecule has 0 radical (unpaired) electrons. The van der Waals surface area contributed by atoms with Crippen LogP contribution in [-0.2, 0) is 41.6 Å². The Bertz CT molecular complexity index is 1870. The number of hydrogen-bond donors (Lipinski definition) is 9. The summed E-state index contributed by atoms with van der Waals surface area (Å²) in [6.45, 7) is 10.7. The largest absolute Gasteiger partial charge is 0.481 e. The SMILES string of the molecule is CC(C)(C)NC(=O)NCCCC[C@H](NC(=O)[C@H](Cc1c[nH]c2ccccc12)NC(=O)OC(C)(C)C)C(=O)N[C@@H](CC(=O)O)C(=O)N[C@@H](Cc1ccccc1)C(N)=O. The highest BCUT2D eigenvalue weighted by atomic mass is 16.6. The molecule has 0 spiro atoms. The van der Waals surface area contributed by atoms with Gasteiger partial charge >= 0.3 is 18.1 Å². The zero-order valence-electron chi connectivity index (χ0n) is 33.3. The summed E-state index contributed by atoms with van der Waals surface area (Å²) >= 11 is 0. The Morgan fingerprint density at radius 2 is 1.33 bits per heavy atom. The van der Waals surface area contributed by atoms with Crippen LogP contribution in [0.4, 0.5) is 9.59 Å². The molecule has 17 nitrogen and oxygen atoms in total. The first-order chi connectivity index (χ1) is 26.7. The van der Waals surface area contributed by atoms with Gasteiger partial charge in [-0.3, -0.25) is 24.0 Å². The normalized spacial score (nSPS) is 13.6. The molecule has 0 unspecified atom stereocenters. The highest BCUT2D eigenvalue weighted by Gasteiger charge is 2.33. The number of aliphatic carboxylic acids is 1. The number of carboxylic acid groups (broad SMARTS) is 1. The third-order valence-electron chi connectivity index (χ3n) is 8.39. The van der Waals surface area contributed by atoms with Gasteiger partial charge in [0.2, 0.25) is 23.6 Å². The average molecular weight is 793 g/mol. The van der Waals surface area contributed by atoms with E-state index in [0.717, 1.165) is 10.9 Å². The molecule has 0 saturated heterocycles. The summed E-state index contributed by atoms with van der Waals surface area (Å²) in [4.78, 5) is 94.0. The second-order valence-corrected chi connectivity index (χ2v) is 15.8. The van der Waals surface area contributed by atoms with E-state index in [9.17, 15) is 38.7 Å². The molecule has 10 N–H and O–H groups in total. The first kappa shape index (κ1) is 45.3. The maximum absolute atomic E-state index is 14.1. The topological polar surface area (TPSA) is 263 Å². The van der Waals surface area contributed by atoms with Gasteiger partial charge in [-0.2, -0.15) is 0 Å². The van der Waals surface area contributed by atoms with Gasteiger partial charge in [-0.05, 0) is 78.0 Å². The van der Waals surface area contributed by atoms with Crippen molar-refractivity contribution in [1.82, 2.24) is 36.9 Å². The first-order valence-electron chi connectivity index (χ1n) is 18.8. The smallest absolute Gasteiger partial charge is 0.408 e. The highest BCUT2D eigenvalue weighted by molar-refractivity contribution is 5.97. The van der Waals surface area contributed by atoms with Gasteiger partial charge in [-0.15, -0.1) is 0 Å². The third-order valence-corrected chi connectivity index (χ3v) is 8.39. The van der Waals surface area contributed by atoms with Crippen LogP contribution in [0.25, 0.3) is 10.9 Å². The molecule has 0 bridgehead atoms. The molecule has 3 rings (SSSR count). The number of primary amides is 1. The fraction of sp³-hybridized carbons (Fsp3) is 0.475. The van der Waals surface area contributed by atoms with Crippen LogP contribution in [0.3, 0.4) is 0 Å². The lowest BCUT2D eigenvalue weighted by atomic mass is 10.0. The molecular formula is C40H56N8O9. The van der Waals surface area contributed by atoms with Crippen molar-refractivity contribution in [2.45, 2.75) is 115 Å². The van der Waals surface area contributed by atoms with Crippen LogP contribution in [0.15, 0.2) is 60.8 Å². The zero-order chi connectivity index (χ0) is 42.3. The molecule has 17 heteroatoms. The number of nitrogens with one attached hydrogen (secondary N) is 7. The highest BCUT2D eigenvalue weighted by Crippen LogP contribution is 2.20. The Balaban J connectivity index is 1.86. The summed E-state index contributed by atoms with van der Waals surface area (Å²) in [5, 5.41) is 26.2. The second-order valence-electron chi connectivity index (χ2n) is 15.8. The predicted molar refractivity (Wildman–Crippen MR) is 213 cm³/mol.